The molecule has 1 heterocycles. The molecule has 0 bridgehead atoms. The average Bonchev–Trinajstić information content (AvgIpc) is 3.04. The Balaban J connectivity index is 1.55. The highest BCUT2D eigenvalue weighted by Crippen LogP contribution is 2.19. The van der Waals surface area contributed by atoms with Gasteiger partial charge in [-0.15, -0.1) is 0 Å². The Bertz CT molecular complexity index is 885. The van der Waals surface area contributed by atoms with Gasteiger partial charge in [0.1, 0.15) is 5.58 Å². The van der Waals surface area contributed by atoms with Gasteiger partial charge in [0.25, 0.3) is 5.91 Å². The predicted molar refractivity (Wildman–Crippen MR) is 94.5 cm³/mol. The smallest absolute Gasteiger partial charge is 0.374 e. The first-order chi connectivity index (χ1) is 12.0. The molecule has 0 aliphatic carbocycles. The van der Waals surface area contributed by atoms with Gasteiger partial charge in [0.05, 0.1) is 6.04 Å². The van der Waals surface area contributed by atoms with E-state index in [2.05, 4.69) is 5.32 Å². The van der Waals surface area contributed by atoms with E-state index >= 15 is 0 Å². The van der Waals surface area contributed by atoms with Gasteiger partial charge in [0.2, 0.25) is 5.76 Å². The minimum atomic E-state index is -0.679. The number of rotatable bonds is 5. The summed E-state index contributed by atoms with van der Waals surface area (Å²) in [5.74, 6) is -1.02. The summed E-state index contributed by atoms with van der Waals surface area (Å²) in [5.41, 5.74) is 1.46. The summed E-state index contributed by atoms with van der Waals surface area (Å²) in [4.78, 5) is 24.0. The lowest BCUT2D eigenvalue weighted by molar-refractivity contribution is -0.124. The van der Waals surface area contributed by atoms with Gasteiger partial charge in [-0.1, -0.05) is 41.9 Å². The van der Waals surface area contributed by atoms with E-state index < -0.39 is 11.9 Å². The molecule has 3 rings (SSSR count). The number of furan rings is 1. The molecule has 1 aromatic heterocycles. The Labute approximate surface area is 149 Å². The maximum Gasteiger partial charge on any atom is 0.374 e. The van der Waals surface area contributed by atoms with Gasteiger partial charge < -0.3 is 14.5 Å². The van der Waals surface area contributed by atoms with Gasteiger partial charge in [-0.05, 0) is 36.8 Å². The maximum absolute atomic E-state index is 12.0. The van der Waals surface area contributed by atoms with Crippen LogP contribution in [0, 0.1) is 0 Å². The number of nitrogens with one attached hydrogen (secondary N) is 1. The summed E-state index contributed by atoms with van der Waals surface area (Å²) in [6, 6.07) is 15.8. The summed E-state index contributed by atoms with van der Waals surface area (Å²) in [7, 11) is 0. The summed E-state index contributed by atoms with van der Waals surface area (Å²) < 4.78 is 10.4. The molecule has 0 radical (unpaired) electrons. The van der Waals surface area contributed by atoms with Crippen molar-refractivity contribution in [2.24, 2.45) is 0 Å². The first-order valence-electron chi connectivity index (χ1n) is 7.73. The van der Waals surface area contributed by atoms with Crippen molar-refractivity contribution in [2.75, 3.05) is 6.61 Å². The summed E-state index contributed by atoms with van der Waals surface area (Å²) in [5, 5.41) is 4.14. The van der Waals surface area contributed by atoms with Gasteiger partial charge >= 0.3 is 5.97 Å². The predicted octanol–water partition coefficient (Wildman–Crippen LogP) is 4.12. The van der Waals surface area contributed by atoms with Crippen molar-refractivity contribution in [3.05, 3.63) is 70.9 Å². The van der Waals surface area contributed by atoms with Crippen LogP contribution in [0.15, 0.2) is 59.0 Å². The van der Waals surface area contributed by atoms with E-state index in [1.807, 2.05) is 37.3 Å². The van der Waals surface area contributed by atoms with E-state index in [9.17, 15) is 9.59 Å². The quantitative estimate of drug-likeness (QED) is 0.697. The number of amides is 1. The highest BCUT2D eigenvalue weighted by molar-refractivity contribution is 6.30. The van der Waals surface area contributed by atoms with Gasteiger partial charge in [-0.25, -0.2) is 4.79 Å². The van der Waals surface area contributed by atoms with Crippen LogP contribution in [0.25, 0.3) is 11.0 Å². The van der Waals surface area contributed by atoms with Gasteiger partial charge in [0, 0.05) is 10.4 Å². The second-order valence-electron chi connectivity index (χ2n) is 5.57. The van der Waals surface area contributed by atoms with Crippen LogP contribution in [-0.2, 0) is 9.53 Å². The highest BCUT2D eigenvalue weighted by atomic mass is 35.5. The van der Waals surface area contributed by atoms with Crippen LogP contribution >= 0.6 is 11.6 Å². The molecular formula is C19H16ClNO4. The zero-order chi connectivity index (χ0) is 17.8. The lowest BCUT2D eigenvalue weighted by Gasteiger charge is -2.14. The number of esters is 1. The highest BCUT2D eigenvalue weighted by Gasteiger charge is 2.16. The number of halogens is 1. The van der Waals surface area contributed by atoms with E-state index in [0.29, 0.717) is 10.6 Å². The minimum absolute atomic E-state index is 0.0666. The van der Waals surface area contributed by atoms with Crippen molar-refractivity contribution in [1.82, 2.24) is 5.32 Å². The van der Waals surface area contributed by atoms with Crippen molar-refractivity contribution < 1.29 is 18.7 Å². The van der Waals surface area contributed by atoms with E-state index in [0.717, 1.165) is 10.9 Å². The summed E-state index contributed by atoms with van der Waals surface area (Å²) in [6.07, 6.45) is 0. The number of para-hydroxylation sites is 1. The SMILES string of the molecule is C[C@@H](NC(=O)COC(=O)c1cc2ccccc2o1)c1cccc(Cl)c1. The third kappa shape index (κ3) is 4.19. The molecule has 0 spiro atoms. The molecule has 6 heteroatoms. The fraction of sp³-hybridized carbons (Fsp3) is 0.158. The van der Waals surface area contributed by atoms with Crippen LogP contribution in [0.1, 0.15) is 29.1 Å². The molecule has 1 atom stereocenters. The monoisotopic (exact) mass is 357 g/mol. The van der Waals surface area contributed by atoms with Crippen molar-refractivity contribution in [1.29, 1.82) is 0 Å². The molecule has 2 aromatic carbocycles. The molecule has 3 aromatic rings. The topological polar surface area (TPSA) is 68.5 Å². The van der Waals surface area contributed by atoms with Crippen LogP contribution in [0.3, 0.4) is 0 Å². The number of carbonyl (C=O) groups excluding carboxylic acids is 2. The third-order valence-corrected chi connectivity index (χ3v) is 3.92. The first-order valence-corrected chi connectivity index (χ1v) is 8.11. The zero-order valence-electron chi connectivity index (χ0n) is 13.5. The first kappa shape index (κ1) is 17.0. The Morgan fingerprint density at radius 3 is 2.72 bits per heavy atom. The molecule has 0 unspecified atom stereocenters. The number of benzene rings is 2. The molecule has 0 saturated heterocycles. The Kier molecular flexibility index (Phi) is 5.05. The number of ether oxygens (including phenoxy) is 1. The molecule has 0 aliphatic heterocycles. The lowest BCUT2D eigenvalue weighted by Crippen LogP contribution is -2.31. The standard InChI is InChI=1S/C19H16ClNO4/c1-12(13-6-4-7-15(20)9-13)21-18(22)11-24-19(23)17-10-14-5-2-3-8-16(14)25-17/h2-10,12H,11H2,1H3,(H,21,22)/t12-/m1/s1. The fourth-order valence-corrected chi connectivity index (χ4v) is 2.63. The van der Waals surface area contributed by atoms with Crippen LogP contribution in [0.4, 0.5) is 0 Å². The minimum Gasteiger partial charge on any atom is -0.450 e. The van der Waals surface area contributed by atoms with Gasteiger partial charge in [0.15, 0.2) is 6.61 Å². The third-order valence-electron chi connectivity index (χ3n) is 3.69. The van der Waals surface area contributed by atoms with E-state index in [4.69, 9.17) is 20.8 Å². The fourth-order valence-electron chi connectivity index (χ4n) is 2.43. The van der Waals surface area contributed by atoms with E-state index in [1.165, 1.54) is 0 Å². The summed E-state index contributed by atoms with van der Waals surface area (Å²) in [6.45, 7) is 1.44. The molecule has 25 heavy (non-hydrogen) atoms. The van der Waals surface area contributed by atoms with Crippen LogP contribution in [0.2, 0.25) is 5.02 Å². The lowest BCUT2D eigenvalue weighted by atomic mass is 10.1. The summed E-state index contributed by atoms with van der Waals surface area (Å²) >= 11 is 5.94. The molecule has 1 N–H and O–H groups in total. The molecular weight excluding hydrogens is 342 g/mol. The zero-order valence-corrected chi connectivity index (χ0v) is 14.2. The van der Waals surface area contributed by atoms with Gasteiger partial charge in [-0.3, -0.25) is 4.79 Å². The molecule has 128 valence electrons. The second kappa shape index (κ2) is 7.40. The van der Waals surface area contributed by atoms with Crippen LogP contribution in [0.5, 0.6) is 0 Å². The second-order valence-corrected chi connectivity index (χ2v) is 6.01. The molecule has 0 saturated carbocycles. The molecule has 0 aliphatic rings. The van der Waals surface area contributed by atoms with Crippen molar-refractivity contribution in [3.63, 3.8) is 0 Å². The number of carbonyl (C=O) groups is 2. The van der Waals surface area contributed by atoms with Crippen LogP contribution < -0.4 is 5.32 Å². The Hall–Kier alpha value is -2.79. The number of fused-ring (bicyclic) bond motifs is 1. The van der Waals surface area contributed by atoms with Crippen molar-refractivity contribution >= 4 is 34.4 Å². The molecule has 0 fully saturated rings. The Morgan fingerprint density at radius 1 is 1.16 bits per heavy atom. The average molecular weight is 358 g/mol. The largest absolute Gasteiger partial charge is 0.450 e. The van der Waals surface area contributed by atoms with Crippen LogP contribution in [-0.4, -0.2) is 18.5 Å². The van der Waals surface area contributed by atoms with E-state index in [1.54, 1.807) is 24.3 Å². The Morgan fingerprint density at radius 2 is 1.96 bits per heavy atom. The van der Waals surface area contributed by atoms with E-state index in [-0.39, 0.29) is 18.4 Å². The number of hydrogen-bond donors (Lipinski definition) is 1. The van der Waals surface area contributed by atoms with Crippen molar-refractivity contribution in [2.45, 2.75) is 13.0 Å². The van der Waals surface area contributed by atoms with Gasteiger partial charge in [-0.2, -0.15) is 0 Å². The number of hydrogen-bond acceptors (Lipinski definition) is 4. The normalized spacial score (nSPS) is 11.9. The molecule has 1 amide bonds. The van der Waals surface area contributed by atoms with Crippen molar-refractivity contribution in [3.8, 4) is 0 Å². The molecule has 5 nitrogen and oxygen atoms in total. The maximum atomic E-state index is 12.0.